The van der Waals surface area contributed by atoms with Crippen LogP contribution in [-0.4, -0.2) is 5.78 Å². The van der Waals surface area contributed by atoms with Crippen LogP contribution < -0.4 is 0 Å². The molecule has 5 unspecified atom stereocenters. The van der Waals surface area contributed by atoms with E-state index in [-0.39, 0.29) is 5.41 Å². The topological polar surface area (TPSA) is 17.1 Å². The second kappa shape index (κ2) is 4.33. The van der Waals surface area contributed by atoms with Gasteiger partial charge in [-0.2, -0.15) is 0 Å². The highest BCUT2D eigenvalue weighted by molar-refractivity contribution is 5.87. The minimum absolute atomic E-state index is 0.0172. The third kappa shape index (κ3) is 1.72. The van der Waals surface area contributed by atoms with Gasteiger partial charge in [0.1, 0.15) is 5.78 Å². The zero-order chi connectivity index (χ0) is 14.8. The fraction of sp³-hybridized carbons (Fsp3) is 0.750. The Bertz CT molecular complexity index is 554. The summed E-state index contributed by atoms with van der Waals surface area (Å²) in [4.78, 5) is 12.4. The van der Waals surface area contributed by atoms with Crippen molar-refractivity contribution < 1.29 is 4.79 Å². The molecule has 4 aliphatic carbocycles. The third-order valence-electron chi connectivity index (χ3n) is 7.67. The Morgan fingerprint density at radius 2 is 1.81 bits per heavy atom. The molecule has 2 fully saturated rings. The van der Waals surface area contributed by atoms with E-state index in [1.54, 1.807) is 11.1 Å². The molecule has 0 aliphatic heterocycles. The highest BCUT2D eigenvalue weighted by atomic mass is 16.1. The fourth-order valence-corrected chi connectivity index (χ4v) is 6.24. The number of rotatable bonds is 0. The van der Waals surface area contributed by atoms with E-state index >= 15 is 0 Å². The van der Waals surface area contributed by atoms with Crippen molar-refractivity contribution in [3.63, 3.8) is 0 Å². The van der Waals surface area contributed by atoms with Crippen molar-refractivity contribution in [1.82, 2.24) is 0 Å². The summed E-state index contributed by atoms with van der Waals surface area (Å²) in [5.41, 5.74) is 3.56. The summed E-state index contributed by atoms with van der Waals surface area (Å²) in [6, 6.07) is 0. The smallest absolute Gasteiger partial charge is 0.139 e. The Kier molecular flexibility index (Phi) is 2.85. The lowest BCUT2D eigenvalue weighted by atomic mass is 9.48. The maximum Gasteiger partial charge on any atom is 0.139 e. The van der Waals surface area contributed by atoms with E-state index in [1.165, 1.54) is 25.7 Å². The third-order valence-corrected chi connectivity index (χ3v) is 7.67. The number of fused-ring (bicyclic) bond motifs is 5. The van der Waals surface area contributed by atoms with E-state index in [0.717, 1.165) is 31.1 Å². The summed E-state index contributed by atoms with van der Waals surface area (Å²) >= 11 is 0. The minimum Gasteiger partial charge on any atom is -0.299 e. The van der Waals surface area contributed by atoms with Crippen molar-refractivity contribution >= 4 is 5.78 Å². The van der Waals surface area contributed by atoms with Gasteiger partial charge in [0.25, 0.3) is 0 Å². The van der Waals surface area contributed by atoms with Gasteiger partial charge in [-0.25, -0.2) is 0 Å². The van der Waals surface area contributed by atoms with Gasteiger partial charge in [0.05, 0.1) is 0 Å². The number of Topliss-reactive ketones (excluding diaryl/α,β-unsaturated/α-hetero) is 1. The molecular weight excluding hydrogens is 256 g/mol. The lowest BCUT2D eigenvalue weighted by Gasteiger charge is -2.55. The largest absolute Gasteiger partial charge is 0.299 e. The predicted octanol–water partition coefficient (Wildman–Crippen LogP) is 5.07. The van der Waals surface area contributed by atoms with Gasteiger partial charge in [-0.3, -0.25) is 4.79 Å². The number of hydrogen-bond donors (Lipinski definition) is 0. The summed E-state index contributed by atoms with van der Waals surface area (Å²) in [5, 5.41) is 0. The zero-order valence-corrected chi connectivity index (χ0v) is 13.7. The lowest BCUT2D eigenvalue weighted by Crippen LogP contribution is -2.49. The van der Waals surface area contributed by atoms with Gasteiger partial charge in [0.15, 0.2) is 0 Å². The molecule has 1 nitrogen and oxygen atoms in total. The van der Waals surface area contributed by atoms with Crippen LogP contribution in [0.5, 0.6) is 0 Å². The van der Waals surface area contributed by atoms with Crippen LogP contribution in [0.3, 0.4) is 0 Å². The average molecular weight is 284 g/mol. The maximum atomic E-state index is 12.4. The summed E-state index contributed by atoms with van der Waals surface area (Å²) in [6.45, 7) is 7.06. The van der Waals surface area contributed by atoms with Crippen LogP contribution in [0.25, 0.3) is 0 Å². The highest BCUT2D eigenvalue weighted by Crippen LogP contribution is 2.63. The fourth-order valence-electron chi connectivity index (χ4n) is 6.24. The summed E-state index contributed by atoms with van der Waals surface area (Å²) in [7, 11) is 0. The molecule has 0 radical (unpaired) electrons. The molecule has 0 aromatic rings. The van der Waals surface area contributed by atoms with Crippen LogP contribution in [0.15, 0.2) is 23.3 Å². The molecule has 0 aromatic heterocycles. The summed E-state index contributed by atoms with van der Waals surface area (Å²) in [6.07, 6.45) is 13.2. The maximum absolute atomic E-state index is 12.4. The lowest BCUT2D eigenvalue weighted by molar-refractivity contribution is -0.131. The minimum atomic E-state index is 0.0172. The quantitative estimate of drug-likeness (QED) is 0.606. The molecule has 1 heteroatoms. The van der Waals surface area contributed by atoms with Gasteiger partial charge in [-0.1, -0.05) is 31.6 Å². The Morgan fingerprint density at radius 1 is 1.05 bits per heavy atom. The Balaban J connectivity index is 1.73. The molecule has 0 heterocycles. The molecule has 0 spiro atoms. The second-order valence-electron chi connectivity index (χ2n) is 8.60. The van der Waals surface area contributed by atoms with Crippen LogP contribution in [0.1, 0.15) is 65.7 Å². The van der Waals surface area contributed by atoms with E-state index in [0.29, 0.717) is 17.1 Å². The molecular formula is C20H28O. The molecule has 0 N–H and O–H groups in total. The van der Waals surface area contributed by atoms with Crippen molar-refractivity contribution in [2.24, 2.45) is 28.6 Å². The molecule has 2 saturated carbocycles. The zero-order valence-electron chi connectivity index (χ0n) is 13.7. The van der Waals surface area contributed by atoms with Crippen molar-refractivity contribution in [2.45, 2.75) is 65.7 Å². The van der Waals surface area contributed by atoms with E-state index in [1.807, 2.05) is 0 Å². The van der Waals surface area contributed by atoms with Gasteiger partial charge < -0.3 is 0 Å². The summed E-state index contributed by atoms with van der Waals surface area (Å²) in [5.74, 6) is 2.79. The second-order valence-corrected chi connectivity index (χ2v) is 8.60. The van der Waals surface area contributed by atoms with Gasteiger partial charge in [-0.05, 0) is 74.2 Å². The van der Waals surface area contributed by atoms with Gasteiger partial charge >= 0.3 is 0 Å². The van der Waals surface area contributed by atoms with Gasteiger partial charge in [-0.15, -0.1) is 0 Å². The first-order valence-electron chi connectivity index (χ1n) is 8.86. The summed E-state index contributed by atoms with van der Waals surface area (Å²) < 4.78 is 0. The molecule has 0 amide bonds. The first kappa shape index (κ1) is 13.8. The van der Waals surface area contributed by atoms with E-state index in [2.05, 4.69) is 32.9 Å². The number of carbonyl (C=O) groups excluding carboxylic acids is 1. The first-order valence-corrected chi connectivity index (χ1v) is 8.86. The number of ketones is 1. The van der Waals surface area contributed by atoms with Crippen molar-refractivity contribution in [1.29, 1.82) is 0 Å². The molecule has 5 atom stereocenters. The molecule has 0 bridgehead atoms. The highest BCUT2D eigenvalue weighted by Gasteiger charge is 2.57. The average Bonchev–Trinajstić information content (AvgIpc) is 2.76. The van der Waals surface area contributed by atoms with E-state index < -0.39 is 0 Å². The SMILES string of the molecule is CC1=CC2=CCC3C4CCC(=O)C4(C)CCC3C2(C)CC1. The number of hydrogen-bond acceptors (Lipinski definition) is 1. The van der Waals surface area contributed by atoms with Crippen LogP contribution in [0.2, 0.25) is 0 Å². The van der Waals surface area contributed by atoms with E-state index in [4.69, 9.17) is 0 Å². The molecule has 0 saturated heterocycles. The molecule has 114 valence electrons. The molecule has 4 aliphatic rings. The van der Waals surface area contributed by atoms with Crippen molar-refractivity contribution in [3.8, 4) is 0 Å². The van der Waals surface area contributed by atoms with Crippen molar-refractivity contribution in [2.75, 3.05) is 0 Å². The Morgan fingerprint density at radius 3 is 2.62 bits per heavy atom. The number of allylic oxidation sites excluding steroid dienone is 4. The van der Waals surface area contributed by atoms with Gasteiger partial charge in [0.2, 0.25) is 0 Å². The Hall–Kier alpha value is -0.850. The van der Waals surface area contributed by atoms with Crippen LogP contribution in [0.4, 0.5) is 0 Å². The van der Waals surface area contributed by atoms with Crippen LogP contribution in [0, 0.1) is 28.6 Å². The monoisotopic (exact) mass is 284 g/mol. The molecule has 21 heavy (non-hydrogen) atoms. The number of carbonyl (C=O) groups is 1. The standard InChI is InChI=1S/C20H28O/c1-13-8-10-19(2)14(12-13)4-5-15-16-6-7-18(21)20(16,3)11-9-17(15)19/h4,12,15-17H,5-11H2,1-3H3. The van der Waals surface area contributed by atoms with E-state index in [9.17, 15) is 4.79 Å². The Labute approximate surface area is 128 Å². The molecule has 4 rings (SSSR count). The van der Waals surface area contributed by atoms with Crippen LogP contribution >= 0.6 is 0 Å². The predicted molar refractivity (Wildman–Crippen MR) is 85.9 cm³/mol. The normalized spacial score (nSPS) is 48.9. The van der Waals surface area contributed by atoms with Crippen LogP contribution in [-0.2, 0) is 4.79 Å². The van der Waals surface area contributed by atoms with Gasteiger partial charge in [0, 0.05) is 11.8 Å². The van der Waals surface area contributed by atoms with Crippen molar-refractivity contribution in [3.05, 3.63) is 23.3 Å². The first-order chi connectivity index (χ1) is 9.95. The molecule has 0 aromatic carbocycles.